The van der Waals surface area contributed by atoms with Gasteiger partial charge in [0.05, 0.1) is 20.6 Å². The zero-order valence-corrected chi connectivity index (χ0v) is 19.2. The molecule has 144 valence electrons. The van der Waals surface area contributed by atoms with Crippen LogP contribution in [-0.4, -0.2) is 48.1 Å². The first-order valence-electron chi connectivity index (χ1n) is 10.7. The van der Waals surface area contributed by atoms with Crippen LogP contribution in [0.15, 0.2) is 30.3 Å². The lowest BCUT2D eigenvalue weighted by Gasteiger charge is -2.30. The standard InChI is InChI=1S/C22H43N2Si/c1-24(2,20-22-16-12-11-13-17-22)19-15-10-8-6-4-3-5-7-9-14-18-23-21-25/h11-13,16-17,23H,3-10,14-15,18-21H2,1-2,25H3/q+1. The number of hydrogen-bond donors (Lipinski definition) is 1. The summed E-state index contributed by atoms with van der Waals surface area (Å²) in [6.07, 6.45) is 15.5. The maximum absolute atomic E-state index is 3.46. The Kier molecular flexibility index (Phi) is 13.0. The molecule has 0 amide bonds. The molecule has 1 N–H and O–H groups in total. The molecule has 1 aromatic rings. The van der Waals surface area contributed by atoms with Gasteiger partial charge in [0.25, 0.3) is 0 Å². The van der Waals surface area contributed by atoms with Crippen LogP contribution in [-0.2, 0) is 6.54 Å². The van der Waals surface area contributed by atoms with Gasteiger partial charge in [0.2, 0.25) is 0 Å². The fourth-order valence-electron chi connectivity index (χ4n) is 3.54. The topological polar surface area (TPSA) is 12.0 Å². The Morgan fingerprint density at radius 1 is 0.760 bits per heavy atom. The second-order valence-electron chi connectivity index (χ2n) is 8.19. The summed E-state index contributed by atoms with van der Waals surface area (Å²) in [7, 11) is 6.02. The second-order valence-corrected chi connectivity index (χ2v) is 8.90. The van der Waals surface area contributed by atoms with E-state index in [1.807, 2.05) is 0 Å². The lowest BCUT2D eigenvalue weighted by atomic mass is 10.1. The Bertz CT molecular complexity index is 406. The van der Waals surface area contributed by atoms with Crippen molar-refractivity contribution in [3.05, 3.63) is 35.9 Å². The van der Waals surface area contributed by atoms with Gasteiger partial charge in [0.1, 0.15) is 6.54 Å². The summed E-state index contributed by atoms with van der Waals surface area (Å²) < 4.78 is 1.11. The zero-order chi connectivity index (χ0) is 18.2. The van der Waals surface area contributed by atoms with Gasteiger partial charge in [0, 0.05) is 15.8 Å². The lowest BCUT2D eigenvalue weighted by molar-refractivity contribution is -0.903. The van der Waals surface area contributed by atoms with E-state index in [0.29, 0.717) is 0 Å². The highest BCUT2D eigenvalue weighted by Gasteiger charge is 2.14. The van der Waals surface area contributed by atoms with Gasteiger partial charge in [-0.05, 0) is 32.0 Å². The quantitative estimate of drug-likeness (QED) is 0.265. The van der Waals surface area contributed by atoms with E-state index in [2.05, 4.69) is 49.7 Å². The smallest absolute Gasteiger partial charge is 0.104 e. The van der Waals surface area contributed by atoms with E-state index < -0.39 is 0 Å². The Labute approximate surface area is 160 Å². The number of quaternary nitrogens is 1. The molecule has 0 heterocycles. The van der Waals surface area contributed by atoms with E-state index in [9.17, 15) is 0 Å². The molecule has 1 rings (SSSR count). The summed E-state index contributed by atoms with van der Waals surface area (Å²) in [5.41, 5.74) is 1.46. The van der Waals surface area contributed by atoms with E-state index in [1.54, 1.807) is 0 Å². The van der Waals surface area contributed by atoms with Gasteiger partial charge in [0.15, 0.2) is 0 Å². The molecule has 0 aliphatic carbocycles. The van der Waals surface area contributed by atoms with E-state index in [1.165, 1.54) is 99.3 Å². The third-order valence-electron chi connectivity index (χ3n) is 5.07. The highest BCUT2D eigenvalue weighted by molar-refractivity contribution is 6.08. The van der Waals surface area contributed by atoms with Crippen LogP contribution in [0.3, 0.4) is 0 Å². The first-order chi connectivity index (χ1) is 12.1. The van der Waals surface area contributed by atoms with Gasteiger partial charge in [-0.2, -0.15) is 0 Å². The third-order valence-corrected chi connectivity index (χ3v) is 5.57. The normalized spacial score (nSPS) is 11.9. The molecule has 1 aromatic carbocycles. The maximum atomic E-state index is 3.46. The number of benzene rings is 1. The van der Waals surface area contributed by atoms with Crippen LogP contribution in [0.5, 0.6) is 0 Å². The summed E-state index contributed by atoms with van der Waals surface area (Å²) in [6.45, 7) is 3.68. The van der Waals surface area contributed by atoms with Crippen molar-refractivity contribution < 1.29 is 4.48 Å². The molecule has 0 spiro atoms. The van der Waals surface area contributed by atoms with Crippen molar-refractivity contribution in [1.82, 2.24) is 5.32 Å². The molecule has 0 aliphatic rings. The predicted octanol–water partition coefficient (Wildman–Crippen LogP) is 4.08. The molecular weight excluding hydrogens is 320 g/mol. The fourth-order valence-corrected chi connectivity index (χ4v) is 3.89. The van der Waals surface area contributed by atoms with Crippen molar-refractivity contribution >= 4 is 10.2 Å². The molecule has 0 radical (unpaired) electrons. The molecule has 0 fully saturated rings. The molecule has 0 saturated carbocycles. The molecule has 0 bridgehead atoms. The van der Waals surface area contributed by atoms with Gasteiger partial charge in [-0.15, -0.1) is 0 Å². The van der Waals surface area contributed by atoms with Gasteiger partial charge in [-0.1, -0.05) is 75.3 Å². The highest BCUT2D eigenvalue weighted by Crippen LogP contribution is 2.14. The molecule has 25 heavy (non-hydrogen) atoms. The van der Waals surface area contributed by atoms with Crippen LogP contribution in [0.2, 0.25) is 0 Å². The fraction of sp³-hybridized carbons (Fsp3) is 0.727. The Hall–Kier alpha value is -0.643. The summed E-state index contributed by atoms with van der Waals surface area (Å²) in [5, 5.41) is 3.46. The molecule has 3 heteroatoms. The van der Waals surface area contributed by atoms with Crippen LogP contribution < -0.4 is 5.32 Å². The maximum Gasteiger partial charge on any atom is 0.104 e. The molecule has 0 saturated heterocycles. The summed E-state index contributed by atoms with van der Waals surface area (Å²) in [6, 6.07) is 10.9. The van der Waals surface area contributed by atoms with Crippen LogP contribution >= 0.6 is 0 Å². The third kappa shape index (κ3) is 13.2. The summed E-state index contributed by atoms with van der Waals surface area (Å²) in [5.74, 6) is 0. The van der Waals surface area contributed by atoms with Crippen molar-refractivity contribution in [3.63, 3.8) is 0 Å². The number of rotatable bonds is 16. The zero-order valence-electron chi connectivity index (χ0n) is 17.2. The minimum atomic E-state index is 1.11. The monoisotopic (exact) mass is 363 g/mol. The number of nitrogens with zero attached hydrogens (tertiary/aromatic N) is 1. The molecule has 0 atom stereocenters. The average molecular weight is 364 g/mol. The van der Waals surface area contributed by atoms with E-state index in [0.717, 1.165) is 11.0 Å². The van der Waals surface area contributed by atoms with Crippen molar-refractivity contribution in [2.24, 2.45) is 0 Å². The minimum Gasteiger partial charge on any atom is -0.325 e. The van der Waals surface area contributed by atoms with Crippen molar-refractivity contribution in [2.75, 3.05) is 33.4 Å². The van der Waals surface area contributed by atoms with Gasteiger partial charge in [-0.25, -0.2) is 0 Å². The predicted molar refractivity (Wildman–Crippen MR) is 116 cm³/mol. The first-order valence-corrected chi connectivity index (χ1v) is 12.1. The first kappa shape index (κ1) is 22.4. The van der Waals surface area contributed by atoms with E-state index in [4.69, 9.17) is 0 Å². The average Bonchev–Trinajstić information content (AvgIpc) is 2.59. The number of unbranched alkanes of at least 4 members (excludes halogenated alkanes) is 9. The molecule has 0 aromatic heterocycles. The lowest BCUT2D eigenvalue weighted by Crippen LogP contribution is -2.39. The van der Waals surface area contributed by atoms with Gasteiger partial charge in [-0.3, -0.25) is 0 Å². The molecular formula is C22H43N2Si+. The highest BCUT2D eigenvalue weighted by atomic mass is 28.1. The Morgan fingerprint density at radius 3 is 1.84 bits per heavy atom. The van der Waals surface area contributed by atoms with Crippen LogP contribution in [0, 0.1) is 0 Å². The number of hydrogen-bond acceptors (Lipinski definition) is 1. The minimum absolute atomic E-state index is 1.11. The van der Waals surface area contributed by atoms with Gasteiger partial charge >= 0.3 is 0 Å². The summed E-state index contributed by atoms with van der Waals surface area (Å²) in [4.78, 5) is 0. The SMILES string of the molecule is C[N+](C)(CCCCCCCCCCCCNC[SiH3])Cc1ccccc1. The van der Waals surface area contributed by atoms with E-state index in [-0.39, 0.29) is 0 Å². The van der Waals surface area contributed by atoms with E-state index >= 15 is 0 Å². The Morgan fingerprint density at radius 2 is 1.28 bits per heavy atom. The van der Waals surface area contributed by atoms with Crippen LogP contribution in [0.25, 0.3) is 0 Å². The summed E-state index contributed by atoms with van der Waals surface area (Å²) >= 11 is 0. The number of nitrogens with one attached hydrogen (secondary N) is 1. The molecule has 2 nitrogen and oxygen atoms in total. The molecule has 0 aliphatic heterocycles. The van der Waals surface area contributed by atoms with Crippen LogP contribution in [0.4, 0.5) is 0 Å². The van der Waals surface area contributed by atoms with Crippen LogP contribution in [0.1, 0.15) is 69.8 Å². The van der Waals surface area contributed by atoms with Gasteiger partial charge < -0.3 is 9.80 Å². The second kappa shape index (κ2) is 14.5. The van der Waals surface area contributed by atoms with Crippen molar-refractivity contribution in [1.29, 1.82) is 0 Å². The van der Waals surface area contributed by atoms with Crippen molar-refractivity contribution in [2.45, 2.75) is 70.8 Å². The largest absolute Gasteiger partial charge is 0.325 e. The van der Waals surface area contributed by atoms with Crippen molar-refractivity contribution in [3.8, 4) is 0 Å². The Balaban J connectivity index is 1.89. The molecule has 0 unspecified atom stereocenters.